The second kappa shape index (κ2) is 7.33. The second-order valence-electron chi connectivity index (χ2n) is 6.59. The number of alkyl carbamates (subject to hydrolysis) is 1. The van der Waals surface area contributed by atoms with Crippen molar-refractivity contribution in [3.63, 3.8) is 0 Å². The molecule has 7 nitrogen and oxygen atoms in total. The number of amides is 2. The van der Waals surface area contributed by atoms with Crippen LogP contribution in [-0.4, -0.2) is 47.6 Å². The Kier molecular flexibility index (Phi) is 5.43. The molecule has 1 aromatic carbocycles. The van der Waals surface area contributed by atoms with Crippen LogP contribution in [0, 0.1) is 0 Å². The molecule has 0 saturated carbocycles. The minimum Gasteiger partial charge on any atom is -0.445 e. The Hall–Kier alpha value is -2.57. The lowest BCUT2D eigenvalue weighted by Crippen LogP contribution is -2.43. The van der Waals surface area contributed by atoms with E-state index >= 15 is 0 Å². The molecule has 0 aromatic heterocycles. The van der Waals surface area contributed by atoms with Crippen molar-refractivity contribution in [3.05, 3.63) is 35.9 Å². The van der Waals surface area contributed by atoms with Crippen LogP contribution in [0.25, 0.3) is 0 Å². The Morgan fingerprint density at radius 2 is 1.92 bits per heavy atom. The molecule has 1 aliphatic heterocycles. The number of carbonyl (C=O) groups is 3. The molecule has 0 radical (unpaired) electrons. The van der Waals surface area contributed by atoms with E-state index in [0.717, 1.165) is 5.56 Å². The number of nitrogens with zero attached hydrogens (tertiary/aromatic N) is 1. The van der Waals surface area contributed by atoms with Gasteiger partial charge in [-0.3, -0.25) is 9.69 Å². The zero-order chi connectivity index (χ0) is 17.7. The van der Waals surface area contributed by atoms with Crippen molar-refractivity contribution >= 4 is 18.0 Å². The Balaban J connectivity index is 1.82. The summed E-state index contributed by atoms with van der Waals surface area (Å²) in [4.78, 5) is 37.0. The fourth-order valence-corrected chi connectivity index (χ4v) is 2.21. The van der Waals surface area contributed by atoms with E-state index in [0.29, 0.717) is 0 Å². The summed E-state index contributed by atoms with van der Waals surface area (Å²) in [6.45, 7) is 5.32. The number of ketones is 1. The topological polar surface area (TPSA) is 84.9 Å². The van der Waals surface area contributed by atoms with Gasteiger partial charge in [0.15, 0.2) is 5.78 Å². The summed E-state index contributed by atoms with van der Waals surface area (Å²) in [5.41, 5.74) is 0.208. The van der Waals surface area contributed by atoms with E-state index in [9.17, 15) is 14.4 Å². The van der Waals surface area contributed by atoms with Gasteiger partial charge in [0.05, 0.1) is 13.1 Å². The van der Waals surface area contributed by atoms with E-state index in [2.05, 4.69) is 5.32 Å². The Labute approximate surface area is 140 Å². The van der Waals surface area contributed by atoms with Gasteiger partial charge in [-0.05, 0) is 26.3 Å². The third kappa shape index (κ3) is 5.26. The lowest BCUT2D eigenvalue weighted by Gasteiger charge is -2.21. The second-order valence-corrected chi connectivity index (χ2v) is 6.59. The van der Waals surface area contributed by atoms with Crippen LogP contribution >= 0.6 is 0 Å². The smallest absolute Gasteiger partial charge is 0.410 e. The Bertz CT molecular complexity index is 609. The third-order valence-corrected chi connectivity index (χ3v) is 3.29. The van der Waals surface area contributed by atoms with Gasteiger partial charge in [-0.25, -0.2) is 9.59 Å². The van der Waals surface area contributed by atoms with Gasteiger partial charge in [-0.15, -0.1) is 0 Å². The van der Waals surface area contributed by atoms with Crippen LogP contribution in [0.5, 0.6) is 0 Å². The van der Waals surface area contributed by atoms with E-state index in [1.807, 2.05) is 30.3 Å². The predicted molar refractivity (Wildman–Crippen MR) is 86.4 cm³/mol. The molecule has 130 valence electrons. The molecule has 2 amide bonds. The monoisotopic (exact) mass is 334 g/mol. The molecule has 1 saturated heterocycles. The molecular formula is C17H22N2O5. The fourth-order valence-electron chi connectivity index (χ4n) is 2.21. The van der Waals surface area contributed by atoms with E-state index in [-0.39, 0.29) is 25.5 Å². The molecule has 1 atom stereocenters. The molecule has 1 N–H and O–H groups in total. The first-order valence-corrected chi connectivity index (χ1v) is 7.72. The predicted octanol–water partition coefficient (Wildman–Crippen LogP) is 2.10. The standard InChI is InChI=1S/C17H22N2O5/c1-17(2,3)24-15(21)18-13-9-19(10-14(13)20)16(22)23-11-12-7-5-4-6-8-12/h4-8,13H,9-11H2,1-3H3,(H,18,21)/t13-/m0/s1. The van der Waals surface area contributed by atoms with Crippen molar-refractivity contribution in [1.82, 2.24) is 10.2 Å². The molecular weight excluding hydrogens is 312 g/mol. The van der Waals surface area contributed by atoms with E-state index in [1.165, 1.54) is 4.90 Å². The van der Waals surface area contributed by atoms with Crippen LogP contribution in [0.3, 0.4) is 0 Å². The van der Waals surface area contributed by atoms with Gasteiger partial charge in [-0.2, -0.15) is 0 Å². The van der Waals surface area contributed by atoms with Crippen LogP contribution in [0.15, 0.2) is 30.3 Å². The first-order chi connectivity index (χ1) is 11.2. The van der Waals surface area contributed by atoms with E-state index < -0.39 is 23.8 Å². The number of carbonyl (C=O) groups excluding carboxylic acids is 3. The molecule has 2 rings (SSSR count). The number of hydrogen-bond donors (Lipinski definition) is 1. The van der Waals surface area contributed by atoms with Gasteiger partial charge >= 0.3 is 12.2 Å². The van der Waals surface area contributed by atoms with Crippen LogP contribution in [0.4, 0.5) is 9.59 Å². The lowest BCUT2D eigenvalue weighted by atomic mass is 10.2. The van der Waals surface area contributed by atoms with Crippen LogP contribution in [-0.2, 0) is 20.9 Å². The van der Waals surface area contributed by atoms with Gasteiger partial charge in [-0.1, -0.05) is 30.3 Å². The summed E-state index contributed by atoms with van der Waals surface area (Å²) >= 11 is 0. The average Bonchev–Trinajstić information content (AvgIpc) is 2.85. The molecule has 0 spiro atoms. The lowest BCUT2D eigenvalue weighted by molar-refractivity contribution is -0.118. The average molecular weight is 334 g/mol. The highest BCUT2D eigenvalue weighted by molar-refractivity contribution is 5.94. The van der Waals surface area contributed by atoms with Gasteiger partial charge in [0, 0.05) is 0 Å². The zero-order valence-electron chi connectivity index (χ0n) is 14.1. The van der Waals surface area contributed by atoms with Gasteiger partial charge in [0.1, 0.15) is 18.2 Å². The highest BCUT2D eigenvalue weighted by Crippen LogP contribution is 2.11. The molecule has 7 heteroatoms. The molecule has 0 aliphatic carbocycles. The van der Waals surface area contributed by atoms with Crippen molar-refractivity contribution in [3.8, 4) is 0 Å². The molecule has 24 heavy (non-hydrogen) atoms. The number of rotatable bonds is 3. The van der Waals surface area contributed by atoms with Gasteiger partial charge in [0.25, 0.3) is 0 Å². The summed E-state index contributed by atoms with van der Waals surface area (Å²) in [5.74, 6) is -0.252. The summed E-state index contributed by atoms with van der Waals surface area (Å²) in [6, 6.07) is 8.48. The number of likely N-dealkylation sites (tertiary alicyclic amines) is 1. The van der Waals surface area contributed by atoms with E-state index in [1.54, 1.807) is 20.8 Å². The molecule has 1 heterocycles. The number of nitrogens with one attached hydrogen (secondary N) is 1. The molecule has 1 aromatic rings. The number of benzene rings is 1. The molecule has 0 bridgehead atoms. The first kappa shape index (κ1) is 17.8. The zero-order valence-corrected chi connectivity index (χ0v) is 14.1. The Morgan fingerprint density at radius 1 is 1.25 bits per heavy atom. The normalized spacial score (nSPS) is 17.5. The fraction of sp³-hybridized carbons (Fsp3) is 0.471. The number of hydrogen-bond acceptors (Lipinski definition) is 5. The largest absolute Gasteiger partial charge is 0.445 e. The number of Topliss-reactive ketones (excluding diaryl/α,β-unsaturated/α-hetero) is 1. The summed E-state index contributed by atoms with van der Waals surface area (Å²) < 4.78 is 10.3. The van der Waals surface area contributed by atoms with Gasteiger partial charge < -0.3 is 14.8 Å². The van der Waals surface area contributed by atoms with Crippen molar-refractivity contribution < 1.29 is 23.9 Å². The molecule has 0 unspecified atom stereocenters. The maximum absolute atomic E-state index is 12.0. The summed E-state index contributed by atoms with van der Waals surface area (Å²) in [7, 11) is 0. The van der Waals surface area contributed by atoms with Crippen molar-refractivity contribution in [1.29, 1.82) is 0 Å². The van der Waals surface area contributed by atoms with Crippen molar-refractivity contribution in [2.45, 2.75) is 39.0 Å². The highest BCUT2D eigenvalue weighted by atomic mass is 16.6. The van der Waals surface area contributed by atoms with Crippen LogP contribution in [0.2, 0.25) is 0 Å². The van der Waals surface area contributed by atoms with Gasteiger partial charge in [0.2, 0.25) is 0 Å². The Morgan fingerprint density at radius 3 is 2.54 bits per heavy atom. The van der Waals surface area contributed by atoms with Crippen molar-refractivity contribution in [2.75, 3.05) is 13.1 Å². The van der Waals surface area contributed by atoms with E-state index in [4.69, 9.17) is 9.47 Å². The number of ether oxygens (including phenoxy) is 2. The highest BCUT2D eigenvalue weighted by Gasteiger charge is 2.36. The maximum Gasteiger partial charge on any atom is 0.410 e. The quantitative estimate of drug-likeness (QED) is 0.915. The van der Waals surface area contributed by atoms with Crippen LogP contribution in [0.1, 0.15) is 26.3 Å². The minimum absolute atomic E-state index is 0.0751. The SMILES string of the molecule is CC(C)(C)OC(=O)N[C@H]1CN(C(=O)OCc2ccccc2)CC1=O. The van der Waals surface area contributed by atoms with Crippen LogP contribution < -0.4 is 5.32 Å². The first-order valence-electron chi connectivity index (χ1n) is 7.72. The minimum atomic E-state index is -0.774. The summed E-state index contributed by atoms with van der Waals surface area (Å²) in [5, 5.41) is 2.48. The maximum atomic E-state index is 12.0. The molecule has 1 fully saturated rings. The summed E-state index contributed by atoms with van der Waals surface area (Å²) in [6.07, 6.45) is -1.26. The third-order valence-electron chi connectivity index (χ3n) is 3.29. The van der Waals surface area contributed by atoms with Crippen molar-refractivity contribution in [2.24, 2.45) is 0 Å². The molecule has 1 aliphatic rings.